The van der Waals surface area contributed by atoms with Gasteiger partial charge in [0.25, 0.3) is 5.91 Å². The monoisotopic (exact) mass is 526 g/mol. The molecule has 1 aliphatic heterocycles. The van der Waals surface area contributed by atoms with Crippen LogP contribution in [-0.2, 0) is 26.0 Å². The van der Waals surface area contributed by atoms with Crippen molar-refractivity contribution in [2.24, 2.45) is 4.99 Å². The van der Waals surface area contributed by atoms with Gasteiger partial charge in [0.15, 0.2) is 14.6 Å². The number of terminal acetylenes is 1. The molecule has 1 aliphatic rings. The maximum absolute atomic E-state index is 12.7. The van der Waals surface area contributed by atoms with Crippen LogP contribution in [0.5, 0.6) is 5.75 Å². The lowest BCUT2D eigenvalue weighted by atomic mass is 10.2. The van der Waals surface area contributed by atoms with Crippen LogP contribution >= 0.6 is 11.3 Å². The van der Waals surface area contributed by atoms with Crippen LogP contribution in [-0.4, -0.2) is 74.5 Å². The summed E-state index contributed by atoms with van der Waals surface area (Å²) in [4.78, 5) is 33.2. The van der Waals surface area contributed by atoms with Gasteiger partial charge in [0, 0.05) is 31.9 Å². The summed E-state index contributed by atoms with van der Waals surface area (Å²) >= 11 is 1.21. The third-order valence-corrected chi connectivity index (χ3v) is 8.21. The van der Waals surface area contributed by atoms with E-state index in [1.165, 1.54) is 16.2 Å². The molecule has 0 saturated carbocycles. The first kappa shape index (κ1) is 25.5. The van der Waals surface area contributed by atoms with E-state index in [1.807, 2.05) is 30.3 Å². The van der Waals surface area contributed by atoms with Gasteiger partial charge in [0.05, 0.1) is 23.9 Å². The molecule has 0 unspecified atom stereocenters. The molecule has 4 rings (SSSR count). The van der Waals surface area contributed by atoms with Crippen LogP contribution < -0.4 is 14.4 Å². The first-order valence-electron chi connectivity index (χ1n) is 11.3. The van der Waals surface area contributed by atoms with Crippen molar-refractivity contribution in [1.29, 1.82) is 0 Å². The molecule has 0 atom stereocenters. The zero-order valence-corrected chi connectivity index (χ0v) is 21.4. The Morgan fingerprint density at radius 1 is 1.08 bits per heavy atom. The van der Waals surface area contributed by atoms with E-state index in [0.29, 0.717) is 36.7 Å². The maximum Gasteiger partial charge on any atom is 0.263 e. The van der Waals surface area contributed by atoms with Crippen molar-refractivity contribution in [3.63, 3.8) is 0 Å². The van der Waals surface area contributed by atoms with Gasteiger partial charge in [-0.2, -0.15) is 4.99 Å². The summed E-state index contributed by atoms with van der Waals surface area (Å²) in [7, 11) is -2.44. The van der Waals surface area contributed by atoms with Crippen molar-refractivity contribution in [1.82, 2.24) is 9.47 Å². The second-order valence-electron chi connectivity index (χ2n) is 8.25. The van der Waals surface area contributed by atoms with Gasteiger partial charge in [-0.1, -0.05) is 35.5 Å². The van der Waals surface area contributed by atoms with Crippen LogP contribution in [0.25, 0.3) is 10.2 Å². The van der Waals surface area contributed by atoms with Crippen molar-refractivity contribution in [2.45, 2.75) is 6.54 Å². The van der Waals surface area contributed by atoms with E-state index in [1.54, 1.807) is 29.9 Å². The number of fused-ring (bicyclic) bond motifs is 1. The summed E-state index contributed by atoms with van der Waals surface area (Å²) in [5.41, 5.74) is 1.82. The Kier molecular flexibility index (Phi) is 7.76. The number of carbonyl (C=O) groups excluding carboxylic acids is 2. The number of nitrogens with zero attached hydrogens (tertiary/aromatic N) is 4. The summed E-state index contributed by atoms with van der Waals surface area (Å²) in [5, 5.41) is 0. The van der Waals surface area contributed by atoms with E-state index in [9.17, 15) is 18.0 Å². The number of rotatable bonds is 7. The predicted octanol–water partition coefficient (Wildman–Crippen LogP) is 1.54. The molecule has 9 nitrogen and oxygen atoms in total. The SMILES string of the molecule is C#CCn1c(=NC(=O)CS(=O)(=O)CC(=O)N2CCN(c3ccccc3)CC2)sc2cc(OC)ccc21. The number of carbonyl (C=O) groups is 2. The summed E-state index contributed by atoms with van der Waals surface area (Å²) in [6.45, 7) is 2.21. The molecule has 36 heavy (non-hydrogen) atoms. The fourth-order valence-corrected chi connectivity index (χ4v) is 6.20. The first-order valence-corrected chi connectivity index (χ1v) is 13.9. The third-order valence-electron chi connectivity index (χ3n) is 5.80. The average Bonchev–Trinajstić information content (AvgIpc) is 3.19. The summed E-state index contributed by atoms with van der Waals surface area (Å²) in [6, 6.07) is 15.2. The fraction of sp³-hybridized carbons (Fsp3) is 0.320. The summed E-state index contributed by atoms with van der Waals surface area (Å²) in [5.74, 6) is 0.230. The molecule has 0 bridgehead atoms. The molecule has 11 heteroatoms. The highest BCUT2D eigenvalue weighted by Crippen LogP contribution is 2.23. The molecule has 0 spiro atoms. The number of aromatic nitrogens is 1. The van der Waals surface area contributed by atoms with Crippen LogP contribution in [0.3, 0.4) is 0 Å². The van der Waals surface area contributed by atoms with Gasteiger partial charge in [-0.15, -0.1) is 6.42 Å². The number of hydrogen-bond acceptors (Lipinski definition) is 7. The van der Waals surface area contributed by atoms with Crippen molar-refractivity contribution in [3.05, 3.63) is 53.3 Å². The zero-order chi connectivity index (χ0) is 25.7. The Bertz CT molecular complexity index is 1480. The van der Waals surface area contributed by atoms with Crippen molar-refractivity contribution >= 4 is 48.9 Å². The number of anilines is 1. The van der Waals surface area contributed by atoms with Gasteiger partial charge < -0.3 is 19.1 Å². The molecule has 0 radical (unpaired) electrons. The molecule has 0 aliphatic carbocycles. The number of hydrogen-bond donors (Lipinski definition) is 0. The van der Waals surface area contributed by atoms with Crippen LogP contribution in [0.1, 0.15) is 0 Å². The van der Waals surface area contributed by atoms with Crippen molar-refractivity contribution in [3.8, 4) is 18.1 Å². The van der Waals surface area contributed by atoms with Gasteiger partial charge in [-0.25, -0.2) is 8.42 Å². The Hall–Kier alpha value is -3.62. The third kappa shape index (κ3) is 5.95. The minimum Gasteiger partial charge on any atom is -0.497 e. The van der Waals surface area contributed by atoms with Crippen LogP contribution in [0.15, 0.2) is 53.5 Å². The van der Waals surface area contributed by atoms with Gasteiger partial charge in [-0.05, 0) is 30.3 Å². The molecule has 2 aromatic carbocycles. The molecule has 0 N–H and O–H groups in total. The quantitative estimate of drug-likeness (QED) is 0.433. The molecule has 3 aromatic rings. The molecule has 188 valence electrons. The largest absolute Gasteiger partial charge is 0.497 e. The second kappa shape index (κ2) is 11.0. The zero-order valence-electron chi connectivity index (χ0n) is 19.8. The minimum atomic E-state index is -3.99. The Balaban J connectivity index is 1.42. The highest BCUT2D eigenvalue weighted by atomic mass is 32.2. The van der Waals surface area contributed by atoms with Crippen molar-refractivity contribution in [2.75, 3.05) is 49.7 Å². The number of piperazine rings is 1. The van der Waals surface area contributed by atoms with E-state index in [0.717, 1.165) is 15.9 Å². The molecule has 1 aromatic heterocycles. The van der Waals surface area contributed by atoms with Crippen LogP contribution in [0.2, 0.25) is 0 Å². The molecule has 2 heterocycles. The van der Waals surface area contributed by atoms with E-state index in [-0.39, 0.29) is 6.54 Å². The molecular formula is C25H26N4O5S2. The normalized spacial score (nSPS) is 14.6. The van der Waals surface area contributed by atoms with Gasteiger partial charge >= 0.3 is 0 Å². The lowest BCUT2D eigenvalue weighted by Crippen LogP contribution is -2.50. The molecule has 1 saturated heterocycles. The highest BCUT2D eigenvalue weighted by molar-refractivity contribution is 7.92. The molecular weight excluding hydrogens is 500 g/mol. The highest BCUT2D eigenvalue weighted by Gasteiger charge is 2.27. The number of amides is 2. The number of sulfone groups is 1. The Morgan fingerprint density at radius 3 is 2.47 bits per heavy atom. The minimum absolute atomic E-state index is 0.165. The molecule has 2 amide bonds. The first-order chi connectivity index (χ1) is 17.3. The molecule has 1 fully saturated rings. The second-order valence-corrected chi connectivity index (χ2v) is 11.3. The Labute approximate surface area is 213 Å². The summed E-state index contributed by atoms with van der Waals surface area (Å²) in [6.07, 6.45) is 5.48. The van der Waals surface area contributed by atoms with E-state index in [4.69, 9.17) is 11.2 Å². The van der Waals surface area contributed by atoms with E-state index < -0.39 is 33.2 Å². The lowest BCUT2D eigenvalue weighted by Gasteiger charge is -2.36. The number of benzene rings is 2. The van der Waals surface area contributed by atoms with E-state index >= 15 is 0 Å². The van der Waals surface area contributed by atoms with Crippen molar-refractivity contribution < 1.29 is 22.7 Å². The number of para-hydroxylation sites is 1. The average molecular weight is 527 g/mol. The topological polar surface area (TPSA) is 101 Å². The maximum atomic E-state index is 12.7. The Morgan fingerprint density at radius 2 is 1.81 bits per heavy atom. The van der Waals surface area contributed by atoms with E-state index in [2.05, 4.69) is 15.8 Å². The smallest absolute Gasteiger partial charge is 0.263 e. The summed E-state index contributed by atoms with van der Waals surface area (Å²) < 4.78 is 33.0. The van der Waals surface area contributed by atoms with Gasteiger partial charge in [0.2, 0.25) is 5.91 Å². The standard InChI is InChI=1S/C25H26N4O5S2/c1-3-11-29-21-10-9-20(34-2)16-22(21)35-25(29)26-23(30)17-36(32,33)18-24(31)28-14-12-27(13-15-28)19-7-5-4-6-8-19/h1,4-10,16H,11-15,17-18H2,2H3. The lowest BCUT2D eigenvalue weighted by molar-refractivity contribution is -0.128. The van der Waals surface area contributed by atoms with Crippen LogP contribution in [0, 0.1) is 12.3 Å². The number of methoxy groups -OCH3 is 1. The number of ether oxygens (including phenoxy) is 1. The fourth-order valence-electron chi connectivity index (χ4n) is 4.02. The van der Waals surface area contributed by atoms with Crippen LogP contribution in [0.4, 0.5) is 5.69 Å². The van der Waals surface area contributed by atoms with Gasteiger partial charge in [0.1, 0.15) is 17.3 Å². The predicted molar refractivity (Wildman–Crippen MR) is 140 cm³/mol. The number of thiazole rings is 1. The van der Waals surface area contributed by atoms with Gasteiger partial charge in [-0.3, -0.25) is 9.59 Å².